The molecule has 8 nitrogen and oxygen atoms in total. The van der Waals surface area contributed by atoms with Gasteiger partial charge in [0.15, 0.2) is 0 Å². The zero-order valence-corrected chi connectivity index (χ0v) is 26.4. The van der Waals surface area contributed by atoms with E-state index in [1.165, 1.54) is 18.6 Å². The summed E-state index contributed by atoms with van der Waals surface area (Å²) in [6.45, 7) is 10.5. The minimum Gasteiger partial charge on any atom is -0.508 e. The van der Waals surface area contributed by atoms with Gasteiger partial charge in [0.2, 0.25) is 11.8 Å². The highest BCUT2D eigenvalue weighted by Gasteiger charge is 2.35. The van der Waals surface area contributed by atoms with Crippen LogP contribution in [0.3, 0.4) is 0 Å². The van der Waals surface area contributed by atoms with E-state index in [2.05, 4.69) is 24.5 Å². The average Bonchev–Trinajstić information content (AvgIpc) is 2.89. The van der Waals surface area contributed by atoms with Crippen molar-refractivity contribution < 1.29 is 24.2 Å². The molecule has 0 aliphatic rings. The van der Waals surface area contributed by atoms with Gasteiger partial charge >= 0.3 is 6.09 Å². The Labute approximate surface area is 246 Å². The number of phenolic OH excluding ortho intramolecular Hbond substituents is 1. The number of benzene rings is 1. The summed E-state index contributed by atoms with van der Waals surface area (Å²) in [5.74, 6) is 0.172. The number of hydrogen-bond donors (Lipinski definition) is 3. The SMILES string of the molecule is CCCCCCCCN(C(=O)C(CCSC)NC(=O)OC(C)(C)C)C(C(=O)NCCCCC)c1ccc(O)cc1. The third kappa shape index (κ3) is 14.3. The monoisotopic (exact) mass is 579 g/mol. The zero-order valence-electron chi connectivity index (χ0n) is 25.6. The standard InChI is InChI=1S/C31H53N3O5S/c1-7-9-11-12-13-15-22-34(29(37)26(20-23-40-6)33-30(38)39-31(3,4)5)27(24-16-18-25(35)19-17-24)28(36)32-21-14-10-8-2/h16-19,26-27,35H,7-15,20-23H2,1-6H3,(H,32,36)(H,33,38). The Bertz CT molecular complexity index is 873. The Morgan fingerprint density at radius 2 is 1.55 bits per heavy atom. The number of hydrogen-bond acceptors (Lipinski definition) is 6. The molecule has 0 aliphatic carbocycles. The van der Waals surface area contributed by atoms with E-state index in [4.69, 9.17) is 4.74 Å². The fourth-order valence-electron chi connectivity index (χ4n) is 4.38. The topological polar surface area (TPSA) is 108 Å². The van der Waals surface area contributed by atoms with E-state index >= 15 is 0 Å². The maximum Gasteiger partial charge on any atom is 0.408 e. The fraction of sp³-hybridized carbons (Fsp3) is 0.710. The molecule has 0 fully saturated rings. The van der Waals surface area contributed by atoms with Crippen LogP contribution in [0.15, 0.2) is 24.3 Å². The highest BCUT2D eigenvalue weighted by atomic mass is 32.2. The molecule has 2 unspecified atom stereocenters. The summed E-state index contributed by atoms with van der Waals surface area (Å²) in [5, 5.41) is 15.7. The maximum absolute atomic E-state index is 14.2. The van der Waals surface area contributed by atoms with Crippen molar-refractivity contribution >= 4 is 29.7 Å². The molecule has 1 rings (SSSR count). The van der Waals surface area contributed by atoms with E-state index < -0.39 is 23.8 Å². The number of carbonyl (C=O) groups excluding carboxylic acids is 3. The molecule has 2 atom stereocenters. The van der Waals surface area contributed by atoms with Gasteiger partial charge in [0.05, 0.1) is 0 Å². The van der Waals surface area contributed by atoms with Gasteiger partial charge in [-0.25, -0.2) is 4.79 Å². The Kier molecular flexibility index (Phi) is 17.5. The number of aromatic hydroxyl groups is 1. The second kappa shape index (κ2) is 19.6. The molecule has 0 aromatic heterocycles. The summed E-state index contributed by atoms with van der Waals surface area (Å²) < 4.78 is 5.46. The minimum absolute atomic E-state index is 0.0871. The van der Waals surface area contributed by atoms with Crippen molar-refractivity contribution in [1.82, 2.24) is 15.5 Å². The number of nitrogens with one attached hydrogen (secondary N) is 2. The van der Waals surface area contributed by atoms with Crippen LogP contribution in [0.25, 0.3) is 0 Å². The summed E-state index contributed by atoms with van der Waals surface area (Å²) in [7, 11) is 0. The number of amides is 3. The van der Waals surface area contributed by atoms with Crippen LogP contribution in [-0.2, 0) is 14.3 Å². The molecule has 3 N–H and O–H groups in total. The van der Waals surface area contributed by atoms with Gasteiger partial charge in [0.1, 0.15) is 23.4 Å². The van der Waals surface area contributed by atoms with Crippen LogP contribution in [0.5, 0.6) is 5.75 Å². The van der Waals surface area contributed by atoms with Crippen LogP contribution in [0, 0.1) is 0 Å². The van der Waals surface area contributed by atoms with Gasteiger partial charge in [-0.2, -0.15) is 11.8 Å². The number of thioether (sulfide) groups is 1. The van der Waals surface area contributed by atoms with Gasteiger partial charge in [-0.05, 0) is 69.7 Å². The van der Waals surface area contributed by atoms with Crippen LogP contribution in [-0.4, -0.2) is 64.7 Å². The van der Waals surface area contributed by atoms with Crippen molar-refractivity contribution in [2.45, 2.75) is 117 Å². The summed E-state index contributed by atoms with van der Waals surface area (Å²) in [6.07, 6.45) is 10.8. The van der Waals surface area contributed by atoms with E-state index in [-0.39, 0.29) is 17.6 Å². The molecule has 0 aliphatic heterocycles. The summed E-state index contributed by atoms with van der Waals surface area (Å²) in [6, 6.07) is 4.71. The lowest BCUT2D eigenvalue weighted by Gasteiger charge is -2.34. The van der Waals surface area contributed by atoms with Crippen molar-refractivity contribution in [3.63, 3.8) is 0 Å². The Morgan fingerprint density at radius 1 is 0.950 bits per heavy atom. The first-order valence-corrected chi connectivity index (χ1v) is 16.3. The number of carbonyl (C=O) groups is 3. The number of ether oxygens (including phenoxy) is 1. The molecule has 1 aromatic carbocycles. The number of rotatable bonds is 19. The average molecular weight is 580 g/mol. The van der Waals surface area contributed by atoms with Gasteiger partial charge in [0.25, 0.3) is 0 Å². The molecule has 0 heterocycles. The normalized spacial score (nSPS) is 12.8. The lowest BCUT2D eigenvalue weighted by molar-refractivity contribution is -0.142. The van der Waals surface area contributed by atoms with E-state index in [1.54, 1.807) is 49.6 Å². The fourth-order valence-corrected chi connectivity index (χ4v) is 4.86. The lowest BCUT2D eigenvalue weighted by atomic mass is 10.0. The summed E-state index contributed by atoms with van der Waals surface area (Å²) >= 11 is 1.59. The van der Waals surface area contributed by atoms with E-state index in [9.17, 15) is 19.5 Å². The van der Waals surface area contributed by atoms with Crippen molar-refractivity contribution in [2.75, 3.05) is 25.1 Å². The molecular formula is C31H53N3O5S. The molecule has 228 valence electrons. The van der Waals surface area contributed by atoms with E-state index in [1.807, 2.05) is 6.26 Å². The van der Waals surface area contributed by atoms with Gasteiger partial charge in [0, 0.05) is 13.1 Å². The van der Waals surface area contributed by atoms with Crippen molar-refractivity contribution in [1.29, 1.82) is 0 Å². The van der Waals surface area contributed by atoms with Crippen LogP contribution in [0.2, 0.25) is 0 Å². The summed E-state index contributed by atoms with van der Waals surface area (Å²) in [5.41, 5.74) is -0.0894. The van der Waals surface area contributed by atoms with E-state index in [0.29, 0.717) is 30.8 Å². The lowest BCUT2D eigenvalue weighted by Crippen LogP contribution is -2.53. The Balaban J connectivity index is 3.36. The molecule has 3 amide bonds. The predicted octanol–water partition coefficient (Wildman–Crippen LogP) is 6.58. The number of alkyl carbamates (subject to hydrolysis) is 1. The second-order valence-corrected chi connectivity index (χ2v) is 12.3. The molecule has 0 radical (unpaired) electrons. The molecule has 0 saturated carbocycles. The highest BCUT2D eigenvalue weighted by molar-refractivity contribution is 7.98. The predicted molar refractivity (Wildman–Crippen MR) is 165 cm³/mol. The van der Waals surface area contributed by atoms with Crippen LogP contribution in [0.1, 0.15) is 110 Å². The second-order valence-electron chi connectivity index (χ2n) is 11.3. The first kappa shape index (κ1) is 35.6. The molecule has 9 heteroatoms. The van der Waals surface area contributed by atoms with Gasteiger partial charge in [-0.15, -0.1) is 0 Å². The Hall–Kier alpha value is -2.42. The molecular weight excluding hydrogens is 526 g/mol. The minimum atomic E-state index is -0.886. The Morgan fingerprint density at radius 3 is 2.15 bits per heavy atom. The largest absolute Gasteiger partial charge is 0.508 e. The first-order valence-electron chi connectivity index (χ1n) is 14.9. The molecule has 0 spiro atoms. The van der Waals surface area contributed by atoms with Crippen molar-refractivity contribution in [3.05, 3.63) is 29.8 Å². The molecule has 0 saturated heterocycles. The number of nitrogens with zero attached hydrogens (tertiary/aromatic N) is 1. The third-order valence-corrected chi connectivity index (χ3v) is 7.13. The van der Waals surface area contributed by atoms with Crippen LogP contribution in [0.4, 0.5) is 4.79 Å². The number of unbranched alkanes of at least 4 members (excludes halogenated alkanes) is 7. The van der Waals surface area contributed by atoms with Gasteiger partial charge < -0.3 is 25.4 Å². The molecule has 1 aromatic rings. The molecule has 0 bridgehead atoms. The highest BCUT2D eigenvalue weighted by Crippen LogP contribution is 2.26. The quantitative estimate of drug-likeness (QED) is 0.160. The van der Waals surface area contributed by atoms with E-state index in [0.717, 1.165) is 51.4 Å². The van der Waals surface area contributed by atoms with Crippen LogP contribution >= 0.6 is 11.8 Å². The number of phenols is 1. The van der Waals surface area contributed by atoms with Gasteiger partial charge in [-0.3, -0.25) is 9.59 Å². The van der Waals surface area contributed by atoms with Crippen molar-refractivity contribution in [3.8, 4) is 5.75 Å². The molecule has 40 heavy (non-hydrogen) atoms. The third-order valence-electron chi connectivity index (χ3n) is 6.48. The summed E-state index contributed by atoms with van der Waals surface area (Å²) in [4.78, 5) is 42.2. The van der Waals surface area contributed by atoms with Crippen molar-refractivity contribution in [2.24, 2.45) is 0 Å². The first-order chi connectivity index (χ1) is 19.0. The van der Waals surface area contributed by atoms with Gasteiger partial charge in [-0.1, -0.05) is 70.9 Å². The van der Waals surface area contributed by atoms with Crippen LogP contribution < -0.4 is 10.6 Å². The smallest absolute Gasteiger partial charge is 0.408 e. The maximum atomic E-state index is 14.2. The zero-order chi connectivity index (χ0) is 30.0.